The molecular formula is C14H31O6P. The lowest BCUT2D eigenvalue weighted by atomic mass is 10.1. The summed E-state index contributed by atoms with van der Waals surface area (Å²) in [7, 11) is -3.38. The van der Waals surface area contributed by atoms with Crippen molar-refractivity contribution in [3.63, 3.8) is 0 Å². The number of carboxylic acid groups (broad SMARTS) is 1. The van der Waals surface area contributed by atoms with E-state index in [9.17, 15) is 9.36 Å². The standard InChI is InChI=1S/C8H18O.C6H13O5P/c1-7(2,3)9-8(4,5)6;1-3-10-12(9,11-4-2)5-6(7)8/h1-6H3;3-5H2,1-2H3,(H,7,8). The van der Waals surface area contributed by atoms with Crippen LogP contribution in [0.2, 0.25) is 0 Å². The molecule has 128 valence electrons. The number of ether oxygens (including phenoxy) is 1. The number of hydrogen-bond acceptors (Lipinski definition) is 5. The molecule has 0 aliphatic rings. The second-order valence-electron chi connectivity index (χ2n) is 6.33. The van der Waals surface area contributed by atoms with E-state index in [1.807, 2.05) is 0 Å². The molecule has 0 aliphatic heterocycles. The first-order chi connectivity index (χ1) is 9.24. The molecule has 0 heterocycles. The van der Waals surface area contributed by atoms with Crippen LogP contribution in [-0.4, -0.2) is 41.7 Å². The summed E-state index contributed by atoms with van der Waals surface area (Å²) in [5.41, 5.74) is -0.0312. The van der Waals surface area contributed by atoms with Crippen molar-refractivity contribution in [3.8, 4) is 0 Å². The molecule has 0 saturated heterocycles. The van der Waals surface area contributed by atoms with E-state index in [0.717, 1.165) is 0 Å². The first-order valence-electron chi connectivity index (χ1n) is 7.05. The average molecular weight is 326 g/mol. The highest BCUT2D eigenvalue weighted by Crippen LogP contribution is 2.47. The maximum Gasteiger partial charge on any atom is 0.341 e. The Morgan fingerprint density at radius 3 is 1.43 bits per heavy atom. The zero-order chi connectivity index (χ0) is 17.3. The maximum atomic E-state index is 11.4. The van der Waals surface area contributed by atoms with Gasteiger partial charge in [0, 0.05) is 0 Å². The number of rotatable bonds is 6. The molecule has 0 aromatic rings. The van der Waals surface area contributed by atoms with Crippen molar-refractivity contribution in [1.82, 2.24) is 0 Å². The molecule has 0 spiro atoms. The quantitative estimate of drug-likeness (QED) is 0.745. The second-order valence-corrected chi connectivity index (χ2v) is 8.38. The Labute approximate surface area is 128 Å². The third kappa shape index (κ3) is 17.5. The van der Waals surface area contributed by atoms with Crippen LogP contribution >= 0.6 is 7.60 Å². The largest absolute Gasteiger partial charge is 0.481 e. The van der Waals surface area contributed by atoms with Gasteiger partial charge in [-0.25, -0.2) is 0 Å². The van der Waals surface area contributed by atoms with Gasteiger partial charge in [-0.05, 0) is 55.4 Å². The van der Waals surface area contributed by atoms with Gasteiger partial charge in [0.2, 0.25) is 0 Å². The van der Waals surface area contributed by atoms with Crippen molar-refractivity contribution in [1.29, 1.82) is 0 Å². The third-order valence-corrected chi connectivity index (χ3v) is 3.55. The molecule has 0 rings (SSSR count). The SMILES string of the molecule is CC(C)(C)OC(C)(C)C.CCOP(=O)(CC(=O)O)OCC. The summed E-state index contributed by atoms with van der Waals surface area (Å²) in [6.07, 6.45) is -0.575. The highest BCUT2D eigenvalue weighted by Gasteiger charge is 2.27. The third-order valence-electron chi connectivity index (χ3n) is 1.59. The first-order valence-corrected chi connectivity index (χ1v) is 8.77. The fraction of sp³-hybridized carbons (Fsp3) is 0.929. The minimum Gasteiger partial charge on any atom is -0.481 e. The van der Waals surface area contributed by atoms with Gasteiger partial charge in [-0.1, -0.05) is 0 Å². The molecule has 21 heavy (non-hydrogen) atoms. The van der Waals surface area contributed by atoms with Crippen LogP contribution in [0.4, 0.5) is 0 Å². The lowest BCUT2D eigenvalue weighted by Crippen LogP contribution is -2.31. The molecule has 6 nitrogen and oxygen atoms in total. The van der Waals surface area contributed by atoms with Gasteiger partial charge in [0.25, 0.3) is 0 Å². The Bertz CT molecular complexity index is 318. The molecule has 0 bridgehead atoms. The molecule has 7 heteroatoms. The highest BCUT2D eigenvalue weighted by atomic mass is 31.2. The van der Waals surface area contributed by atoms with Gasteiger partial charge in [-0.15, -0.1) is 0 Å². The first kappa shape index (κ1) is 22.9. The summed E-state index contributed by atoms with van der Waals surface area (Å²) in [6.45, 7) is 16.0. The summed E-state index contributed by atoms with van der Waals surface area (Å²) in [6, 6.07) is 0. The summed E-state index contributed by atoms with van der Waals surface area (Å²) in [5.74, 6) is -1.18. The van der Waals surface area contributed by atoms with Crippen LogP contribution in [0, 0.1) is 0 Å². The van der Waals surface area contributed by atoms with Crippen LogP contribution in [0.25, 0.3) is 0 Å². The minimum absolute atomic E-state index is 0.0156. The number of aliphatic carboxylic acids is 1. The van der Waals surface area contributed by atoms with Crippen molar-refractivity contribution in [2.45, 2.75) is 66.6 Å². The van der Waals surface area contributed by atoms with E-state index in [1.165, 1.54) is 0 Å². The van der Waals surface area contributed by atoms with Gasteiger partial charge >= 0.3 is 13.6 Å². The van der Waals surface area contributed by atoms with Crippen LogP contribution in [0.3, 0.4) is 0 Å². The van der Waals surface area contributed by atoms with Crippen molar-refractivity contribution >= 4 is 13.6 Å². The zero-order valence-electron chi connectivity index (χ0n) is 14.6. The lowest BCUT2D eigenvalue weighted by Gasteiger charge is -2.30. The number of carbonyl (C=O) groups is 1. The van der Waals surface area contributed by atoms with E-state index in [0.29, 0.717) is 0 Å². The van der Waals surface area contributed by atoms with Crippen molar-refractivity contribution < 1.29 is 28.3 Å². The van der Waals surface area contributed by atoms with E-state index >= 15 is 0 Å². The predicted octanol–water partition coefficient (Wildman–Crippen LogP) is 3.94. The Morgan fingerprint density at radius 2 is 1.29 bits per heavy atom. The average Bonchev–Trinajstić information content (AvgIpc) is 2.10. The molecule has 0 amide bonds. The van der Waals surface area contributed by atoms with Crippen molar-refractivity contribution in [2.75, 3.05) is 19.4 Å². The number of hydrogen-bond donors (Lipinski definition) is 1. The molecule has 1 N–H and O–H groups in total. The summed E-state index contributed by atoms with van der Waals surface area (Å²) in [4.78, 5) is 10.2. The Balaban J connectivity index is 0. The molecule has 0 aromatic heterocycles. The van der Waals surface area contributed by atoms with Crippen molar-refractivity contribution in [3.05, 3.63) is 0 Å². The van der Waals surface area contributed by atoms with Crippen LogP contribution in [-0.2, 0) is 23.1 Å². The normalized spacial score (nSPS) is 12.6. The minimum atomic E-state index is -3.38. The maximum absolute atomic E-state index is 11.4. The van der Waals surface area contributed by atoms with Crippen LogP contribution in [0.5, 0.6) is 0 Å². The highest BCUT2D eigenvalue weighted by molar-refractivity contribution is 7.54. The van der Waals surface area contributed by atoms with Crippen molar-refractivity contribution in [2.24, 2.45) is 0 Å². The smallest absolute Gasteiger partial charge is 0.341 e. The number of carboxylic acids is 1. The summed E-state index contributed by atoms with van der Waals surface area (Å²) >= 11 is 0. The topological polar surface area (TPSA) is 82.1 Å². The monoisotopic (exact) mass is 326 g/mol. The second kappa shape index (κ2) is 9.57. The van der Waals surface area contributed by atoms with Gasteiger partial charge in [-0.2, -0.15) is 0 Å². The van der Waals surface area contributed by atoms with E-state index in [2.05, 4.69) is 41.5 Å². The molecule has 0 saturated carbocycles. The van der Waals surface area contributed by atoms with Gasteiger partial charge < -0.3 is 18.9 Å². The van der Waals surface area contributed by atoms with E-state index < -0.39 is 19.7 Å². The summed E-state index contributed by atoms with van der Waals surface area (Å²) < 4.78 is 26.5. The fourth-order valence-corrected chi connectivity index (χ4v) is 2.98. The van der Waals surface area contributed by atoms with Gasteiger partial charge in [0.05, 0.1) is 24.4 Å². The summed E-state index contributed by atoms with van der Waals surface area (Å²) in [5, 5.41) is 8.37. The van der Waals surface area contributed by atoms with E-state index in [-0.39, 0.29) is 24.4 Å². The van der Waals surface area contributed by atoms with Crippen LogP contribution < -0.4 is 0 Å². The fourth-order valence-electron chi connectivity index (χ4n) is 1.61. The Kier molecular flexibility index (Phi) is 10.4. The lowest BCUT2D eigenvalue weighted by molar-refractivity contribution is -0.134. The molecule has 0 fully saturated rings. The van der Waals surface area contributed by atoms with Crippen LogP contribution in [0.1, 0.15) is 55.4 Å². The molecule has 0 aromatic carbocycles. The van der Waals surface area contributed by atoms with Gasteiger partial charge in [0.1, 0.15) is 6.16 Å². The van der Waals surface area contributed by atoms with E-state index in [1.54, 1.807) is 13.8 Å². The Hall–Kier alpha value is -0.420. The molecule has 0 aliphatic carbocycles. The zero-order valence-corrected chi connectivity index (χ0v) is 15.5. The van der Waals surface area contributed by atoms with Gasteiger partial charge in [-0.3, -0.25) is 9.36 Å². The predicted molar refractivity (Wildman–Crippen MR) is 84.0 cm³/mol. The Morgan fingerprint density at radius 1 is 0.952 bits per heavy atom. The van der Waals surface area contributed by atoms with E-state index in [4.69, 9.17) is 18.9 Å². The molecule has 0 unspecified atom stereocenters. The molecule has 0 atom stereocenters. The molecule has 0 radical (unpaired) electrons. The van der Waals surface area contributed by atoms with Crippen LogP contribution in [0.15, 0.2) is 0 Å². The van der Waals surface area contributed by atoms with Gasteiger partial charge in [0.15, 0.2) is 0 Å². The molecular weight excluding hydrogens is 295 g/mol.